The van der Waals surface area contributed by atoms with E-state index in [1.807, 2.05) is 18.2 Å². The maximum atomic E-state index is 9.75. The maximum Gasteiger partial charge on any atom is 0.120 e. The first-order valence-electron chi connectivity index (χ1n) is 6.98. The van der Waals surface area contributed by atoms with Crippen LogP contribution >= 0.6 is 0 Å². The summed E-state index contributed by atoms with van der Waals surface area (Å²) >= 11 is 0. The van der Waals surface area contributed by atoms with E-state index in [9.17, 15) is 5.11 Å². The summed E-state index contributed by atoms with van der Waals surface area (Å²) in [6, 6.07) is 8.16. The van der Waals surface area contributed by atoms with Crippen molar-refractivity contribution in [1.82, 2.24) is 5.32 Å². The summed E-state index contributed by atoms with van der Waals surface area (Å²) in [6.07, 6.45) is 3.81. The molecule has 2 rings (SSSR count). The van der Waals surface area contributed by atoms with Gasteiger partial charge >= 0.3 is 0 Å². The minimum atomic E-state index is 0.397. The molecule has 2 unspecified atom stereocenters. The topological polar surface area (TPSA) is 32.3 Å². The van der Waals surface area contributed by atoms with Gasteiger partial charge in [0.25, 0.3) is 0 Å². The first-order chi connectivity index (χ1) is 8.48. The predicted molar refractivity (Wildman–Crippen MR) is 75.5 cm³/mol. The van der Waals surface area contributed by atoms with E-state index in [-0.39, 0.29) is 0 Å². The first kappa shape index (κ1) is 13.4. The molecule has 1 aromatic carbocycles. The number of para-hydroxylation sites is 1. The second kappa shape index (κ2) is 5.31. The highest BCUT2D eigenvalue weighted by molar-refractivity contribution is 5.31. The van der Waals surface area contributed by atoms with Crippen molar-refractivity contribution in [1.29, 1.82) is 0 Å². The van der Waals surface area contributed by atoms with Gasteiger partial charge < -0.3 is 10.4 Å². The SMILES string of the molecule is CC1CC(C)(C)CCC1NCc1ccccc1O. The minimum absolute atomic E-state index is 0.397. The van der Waals surface area contributed by atoms with Gasteiger partial charge in [0.2, 0.25) is 0 Å². The molecule has 0 saturated heterocycles. The number of hydrogen-bond donors (Lipinski definition) is 2. The summed E-state index contributed by atoms with van der Waals surface area (Å²) in [6.45, 7) is 7.83. The van der Waals surface area contributed by atoms with Crippen molar-refractivity contribution in [3.05, 3.63) is 29.8 Å². The molecule has 18 heavy (non-hydrogen) atoms. The number of hydrogen-bond acceptors (Lipinski definition) is 2. The second-order valence-electron chi connectivity index (χ2n) is 6.50. The molecule has 0 amide bonds. The molecule has 0 spiro atoms. The van der Waals surface area contributed by atoms with E-state index >= 15 is 0 Å². The van der Waals surface area contributed by atoms with Gasteiger partial charge in [0.05, 0.1) is 0 Å². The zero-order valence-electron chi connectivity index (χ0n) is 11.7. The molecule has 0 bridgehead atoms. The molecule has 1 saturated carbocycles. The van der Waals surface area contributed by atoms with Gasteiger partial charge in [-0.3, -0.25) is 0 Å². The van der Waals surface area contributed by atoms with Crippen molar-refractivity contribution in [2.45, 2.75) is 52.6 Å². The lowest BCUT2D eigenvalue weighted by atomic mass is 9.70. The molecule has 2 heteroatoms. The fourth-order valence-electron chi connectivity index (χ4n) is 3.15. The highest BCUT2D eigenvalue weighted by atomic mass is 16.3. The Morgan fingerprint density at radius 2 is 2.06 bits per heavy atom. The van der Waals surface area contributed by atoms with Crippen LogP contribution in [0.4, 0.5) is 0 Å². The van der Waals surface area contributed by atoms with E-state index in [4.69, 9.17) is 0 Å². The molecule has 2 nitrogen and oxygen atoms in total. The molecule has 1 aliphatic rings. The van der Waals surface area contributed by atoms with E-state index in [1.165, 1.54) is 19.3 Å². The fraction of sp³-hybridized carbons (Fsp3) is 0.625. The lowest BCUT2D eigenvalue weighted by Gasteiger charge is -2.39. The molecule has 1 fully saturated rings. The van der Waals surface area contributed by atoms with Crippen molar-refractivity contribution < 1.29 is 5.11 Å². The lowest BCUT2D eigenvalue weighted by molar-refractivity contribution is 0.148. The van der Waals surface area contributed by atoms with Gasteiger partial charge in [-0.25, -0.2) is 0 Å². The molecule has 1 aromatic rings. The van der Waals surface area contributed by atoms with E-state index in [0.29, 0.717) is 23.1 Å². The van der Waals surface area contributed by atoms with Crippen LogP contribution in [0.3, 0.4) is 0 Å². The van der Waals surface area contributed by atoms with Gasteiger partial charge in [-0.05, 0) is 36.7 Å². The van der Waals surface area contributed by atoms with Gasteiger partial charge in [-0.15, -0.1) is 0 Å². The van der Waals surface area contributed by atoms with Crippen molar-refractivity contribution in [2.75, 3.05) is 0 Å². The predicted octanol–water partition coefficient (Wildman–Crippen LogP) is 3.70. The third-order valence-corrected chi connectivity index (χ3v) is 4.24. The van der Waals surface area contributed by atoms with Gasteiger partial charge in [0, 0.05) is 18.2 Å². The number of phenols is 1. The highest BCUT2D eigenvalue weighted by Gasteiger charge is 2.31. The van der Waals surface area contributed by atoms with Crippen LogP contribution < -0.4 is 5.32 Å². The Bertz CT molecular complexity index is 400. The Kier molecular flexibility index (Phi) is 3.96. The van der Waals surface area contributed by atoms with E-state index in [2.05, 4.69) is 26.1 Å². The summed E-state index contributed by atoms with van der Waals surface area (Å²) in [5.74, 6) is 1.10. The van der Waals surface area contributed by atoms with Crippen molar-refractivity contribution in [3.8, 4) is 5.75 Å². The molecule has 2 N–H and O–H groups in total. The number of aromatic hydroxyl groups is 1. The molecule has 0 heterocycles. The molecule has 0 radical (unpaired) electrons. The maximum absolute atomic E-state index is 9.75. The summed E-state index contributed by atoms with van der Waals surface area (Å²) in [5.41, 5.74) is 1.49. The van der Waals surface area contributed by atoms with Crippen molar-refractivity contribution >= 4 is 0 Å². The van der Waals surface area contributed by atoms with Crippen LogP contribution in [0.5, 0.6) is 5.75 Å². The average Bonchev–Trinajstić information content (AvgIpc) is 2.29. The number of nitrogens with one attached hydrogen (secondary N) is 1. The molecule has 1 aliphatic carbocycles. The number of phenolic OH excluding ortho intramolecular Hbond substituents is 1. The van der Waals surface area contributed by atoms with Gasteiger partial charge in [0.15, 0.2) is 0 Å². The zero-order valence-corrected chi connectivity index (χ0v) is 11.7. The van der Waals surface area contributed by atoms with Crippen LogP contribution in [0.15, 0.2) is 24.3 Å². The monoisotopic (exact) mass is 247 g/mol. The average molecular weight is 247 g/mol. The lowest BCUT2D eigenvalue weighted by Crippen LogP contribution is -2.41. The van der Waals surface area contributed by atoms with Gasteiger partial charge in [-0.2, -0.15) is 0 Å². The Morgan fingerprint density at radius 1 is 1.33 bits per heavy atom. The molecule has 100 valence electrons. The molecular formula is C16H25NO. The van der Waals surface area contributed by atoms with Crippen LogP contribution in [-0.4, -0.2) is 11.1 Å². The van der Waals surface area contributed by atoms with E-state index in [0.717, 1.165) is 12.1 Å². The van der Waals surface area contributed by atoms with Crippen LogP contribution in [-0.2, 0) is 6.54 Å². The number of rotatable bonds is 3. The Balaban J connectivity index is 1.90. The summed E-state index contributed by atoms with van der Waals surface area (Å²) in [4.78, 5) is 0. The van der Waals surface area contributed by atoms with E-state index < -0.39 is 0 Å². The molecule has 2 atom stereocenters. The van der Waals surface area contributed by atoms with Gasteiger partial charge in [0.1, 0.15) is 5.75 Å². The Hall–Kier alpha value is -1.02. The third kappa shape index (κ3) is 3.26. The second-order valence-corrected chi connectivity index (χ2v) is 6.50. The Morgan fingerprint density at radius 3 is 2.72 bits per heavy atom. The largest absolute Gasteiger partial charge is 0.508 e. The first-order valence-corrected chi connectivity index (χ1v) is 6.98. The van der Waals surface area contributed by atoms with Crippen molar-refractivity contribution in [2.24, 2.45) is 11.3 Å². The zero-order chi connectivity index (χ0) is 13.2. The molecule has 0 aromatic heterocycles. The van der Waals surface area contributed by atoms with Crippen LogP contribution in [0.25, 0.3) is 0 Å². The van der Waals surface area contributed by atoms with Crippen LogP contribution in [0.1, 0.15) is 45.6 Å². The van der Waals surface area contributed by atoms with Crippen LogP contribution in [0, 0.1) is 11.3 Å². The normalized spacial score (nSPS) is 27.1. The third-order valence-electron chi connectivity index (χ3n) is 4.24. The summed E-state index contributed by atoms with van der Waals surface area (Å²) in [5, 5.41) is 13.4. The molecular weight excluding hydrogens is 222 g/mol. The minimum Gasteiger partial charge on any atom is -0.508 e. The summed E-state index contributed by atoms with van der Waals surface area (Å²) in [7, 11) is 0. The van der Waals surface area contributed by atoms with Crippen molar-refractivity contribution in [3.63, 3.8) is 0 Å². The van der Waals surface area contributed by atoms with Crippen LogP contribution in [0.2, 0.25) is 0 Å². The number of benzene rings is 1. The standard InChI is InChI=1S/C16H25NO/c1-12-10-16(2,3)9-8-14(12)17-11-13-6-4-5-7-15(13)18/h4-7,12,14,17-18H,8-11H2,1-3H3. The quantitative estimate of drug-likeness (QED) is 0.853. The van der Waals surface area contributed by atoms with E-state index in [1.54, 1.807) is 6.07 Å². The Labute approximate surface area is 110 Å². The van der Waals surface area contributed by atoms with Gasteiger partial charge in [-0.1, -0.05) is 39.0 Å². The highest BCUT2D eigenvalue weighted by Crippen LogP contribution is 2.38. The fourth-order valence-corrected chi connectivity index (χ4v) is 3.15. The summed E-state index contributed by atoms with van der Waals surface area (Å²) < 4.78 is 0. The molecule has 0 aliphatic heterocycles. The smallest absolute Gasteiger partial charge is 0.120 e.